The molecule has 2 N–H and O–H groups in total. The number of nitro benzene ring substituents is 1. The van der Waals surface area contributed by atoms with Crippen molar-refractivity contribution in [3.8, 4) is 5.75 Å². The number of non-ortho nitro benzene ring substituents is 1. The molecule has 0 saturated carbocycles. The highest BCUT2D eigenvalue weighted by atomic mass is 35.5. The Morgan fingerprint density at radius 1 is 1.17 bits per heavy atom. The van der Waals surface area contributed by atoms with Crippen LogP contribution in [0, 0.1) is 10.1 Å². The normalized spacial score (nSPS) is 9.88. The summed E-state index contributed by atoms with van der Waals surface area (Å²) in [6.07, 6.45) is 0. The highest BCUT2D eigenvalue weighted by molar-refractivity contribution is 7.80. The predicted molar refractivity (Wildman–Crippen MR) is 94.4 cm³/mol. The fourth-order valence-corrected chi connectivity index (χ4v) is 2.03. The lowest BCUT2D eigenvalue weighted by Gasteiger charge is -2.10. The molecule has 0 bridgehead atoms. The van der Waals surface area contributed by atoms with Crippen molar-refractivity contribution >= 4 is 46.2 Å². The molecule has 0 fully saturated rings. The molecule has 0 aliphatic rings. The molecule has 2 aromatic rings. The summed E-state index contributed by atoms with van der Waals surface area (Å²) < 4.78 is 5.23. The number of carbonyl (C=O) groups excluding carboxylic acids is 1. The summed E-state index contributed by atoms with van der Waals surface area (Å²) in [5.41, 5.74) is 0.626. The number of halogens is 1. The Labute approximate surface area is 147 Å². The van der Waals surface area contributed by atoms with Crippen LogP contribution in [-0.2, 0) is 4.79 Å². The lowest BCUT2D eigenvalue weighted by Crippen LogP contribution is -2.37. The van der Waals surface area contributed by atoms with Crippen molar-refractivity contribution in [2.24, 2.45) is 0 Å². The van der Waals surface area contributed by atoms with Gasteiger partial charge in [-0.05, 0) is 48.6 Å². The number of nitrogens with zero attached hydrogens (tertiary/aromatic N) is 1. The number of carbonyl (C=O) groups is 1. The van der Waals surface area contributed by atoms with Crippen molar-refractivity contribution < 1.29 is 14.5 Å². The van der Waals surface area contributed by atoms with Crippen molar-refractivity contribution in [3.05, 3.63) is 63.7 Å². The standard InChI is InChI=1S/C15H12ClN3O4S/c16-10-1-3-11(4-2-10)17-15(24)18-14(20)9-23-13-7-5-12(6-8-13)19(21)22/h1-8H,9H2,(H2,17,18,20,24). The van der Waals surface area contributed by atoms with Gasteiger partial charge >= 0.3 is 0 Å². The summed E-state index contributed by atoms with van der Waals surface area (Å²) >= 11 is 10.8. The Balaban J connectivity index is 1.79. The molecular weight excluding hydrogens is 354 g/mol. The van der Waals surface area contributed by atoms with Gasteiger partial charge in [0.05, 0.1) is 4.92 Å². The largest absolute Gasteiger partial charge is 0.484 e. The molecule has 0 spiro atoms. The second kappa shape index (κ2) is 8.23. The monoisotopic (exact) mass is 365 g/mol. The first-order chi connectivity index (χ1) is 11.4. The van der Waals surface area contributed by atoms with Crippen LogP contribution >= 0.6 is 23.8 Å². The molecule has 2 aromatic carbocycles. The van der Waals surface area contributed by atoms with E-state index in [-0.39, 0.29) is 17.4 Å². The van der Waals surface area contributed by atoms with E-state index in [9.17, 15) is 14.9 Å². The van der Waals surface area contributed by atoms with Gasteiger partial charge in [-0.25, -0.2) is 0 Å². The van der Waals surface area contributed by atoms with E-state index in [1.165, 1.54) is 24.3 Å². The number of benzene rings is 2. The van der Waals surface area contributed by atoms with Crippen LogP contribution in [0.2, 0.25) is 5.02 Å². The molecule has 2 rings (SSSR count). The van der Waals surface area contributed by atoms with E-state index in [2.05, 4.69) is 10.6 Å². The number of hydrogen-bond donors (Lipinski definition) is 2. The number of hydrogen-bond acceptors (Lipinski definition) is 5. The van der Waals surface area contributed by atoms with Gasteiger partial charge in [0.2, 0.25) is 0 Å². The van der Waals surface area contributed by atoms with Crippen molar-refractivity contribution in [3.63, 3.8) is 0 Å². The second-order valence-electron chi connectivity index (χ2n) is 4.55. The first kappa shape index (κ1) is 17.6. The van der Waals surface area contributed by atoms with Crippen LogP contribution in [0.5, 0.6) is 5.75 Å². The van der Waals surface area contributed by atoms with Gasteiger partial charge < -0.3 is 10.1 Å². The van der Waals surface area contributed by atoms with Gasteiger partial charge in [0, 0.05) is 22.8 Å². The maximum absolute atomic E-state index is 11.8. The smallest absolute Gasteiger partial charge is 0.269 e. The van der Waals surface area contributed by atoms with Crippen LogP contribution in [-0.4, -0.2) is 22.5 Å². The van der Waals surface area contributed by atoms with Crippen molar-refractivity contribution in [1.29, 1.82) is 0 Å². The minimum Gasteiger partial charge on any atom is -0.484 e. The van der Waals surface area contributed by atoms with Crippen molar-refractivity contribution in [2.75, 3.05) is 11.9 Å². The number of anilines is 1. The lowest BCUT2D eigenvalue weighted by molar-refractivity contribution is -0.384. The summed E-state index contributed by atoms with van der Waals surface area (Å²) in [6, 6.07) is 12.2. The summed E-state index contributed by atoms with van der Waals surface area (Å²) in [6.45, 7) is -0.278. The van der Waals surface area contributed by atoms with E-state index in [0.29, 0.717) is 16.5 Å². The molecule has 0 aromatic heterocycles. The number of amides is 1. The average molecular weight is 366 g/mol. The summed E-state index contributed by atoms with van der Waals surface area (Å²) in [7, 11) is 0. The quantitative estimate of drug-likeness (QED) is 0.480. The van der Waals surface area contributed by atoms with Crippen LogP contribution in [0.3, 0.4) is 0 Å². The van der Waals surface area contributed by atoms with Crippen LogP contribution < -0.4 is 15.4 Å². The topological polar surface area (TPSA) is 93.5 Å². The van der Waals surface area contributed by atoms with E-state index in [0.717, 1.165) is 0 Å². The third kappa shape index (κ3) is 5.49. The number of nitrogens with one attached hydrogen (secondary N) is 2. The van der Waals surface area contributed by atoms with E-state index >= 15 is 0 Å². The summed E-state index contributed by atoms with van der Waals surface area (Å²) in [4.78, 5) is 21.8. The minimum atomic E-state index is -0.517. The highest BCUT2D eigenvalue weighted by Gasteiger charge is 2.08. The highest BCUT2D eigenvalue weighted by Crippen LogP contribution is 2.17. The summed E-state index contributed by atoms with van der Waals surface area (Å²) in [5.74, 6) is -0.118. The molecule has 0 unspecified atom stereocenters. The van der Waals surface area contributed by atoms with Gasteiger partial charge in [-0.3, -0.25) is 20.2 Å². The molecule has 124 valence electrons. The minimum absolute atomic E-state index is 0.0554. The van der Waals surface area contributed by atoms with Crippen molar-refractivity contribution in [2.45, 2.75) is 0 Å². The SMILES string of the molecule is O=C(COc1ccc([N+](=O)[O-])cc1)NC(=S)Nc1ccc(Cl)cc1. The third-order valence-electron chi connectivity index (χ3n) is 2.77. The first-order valence-electron chi connectivity index (χ1n) is 6.68. The molecular formula is C15H12ClN3O4S. The Hall–Kier alpha value is -2.71. The van der Waals surface area contributed by atoms with Crippen LogP contribution in [0.25, 0.3) is 0 Å². The van der Waals surface area contributed by atoms with E-state index in [1.54, 1.807) is 24.3 Å². The third-order valence-corrected chi connectivity index (χ3v) is 3.23. The second-order valence-corrected chi connectivity index (χ2v) is 5.39. The van der Waals surface area contributed by atoms with E-state index in [1.807, 2.05) is 0 Å². The number of ether oxygens (including phenoxy) is 1. The molecule has 0 radical (unpaired) electrons. The molecule has 0 heterocycles. The molecule has 0 aliphatic heterocycles. The number of nitro groups is 1. The Bertz CT molecular complexity index is 750. The molecule has 1 amide bonds. The van der Waals surface area contributed by atoms with Crippen LogP contribution in [0.15, 0.2) is 48.5 Å². The fraction of sp³-hybridized carbons (Fsp3) is 0.0667. The van der Waals surface area contributed by atoms with Gasteiger partial charge in [-0.1, -0.05) is 11.6 Å². The molecule has 7 nitrogen and oxygen atoms in total. The lowest BCUT2D eigenvalue weighted by atomic mass is 10.3. The van der Waals surface area contributed by atoms with Gasteiger partial charge in [-0.2, -0.15) is 0 Å². The molecule has 24 heavy (non-hydrogen) atoms. The predicted octanol–water partition coefficient (Wildman–Crippen LogP) is 3.14. The van der Waals surface area contributed by atoms with Gasteiger partial charge in [0.15, 0.2) is 11.7 Å². The van der Waals surface area contributed by atoms with Crippen LogP contribution in [0.1, 0.15) is 0 Å². The average Bonchev–Trinajstić information content (AvgIpc) is 2.55. The zero-order valence-corrected chi connectivity index (χ0v) is 13.8. The molecule has 0 aliphatic carbocycles. The Kier molecular flexibility index (Phi) is 6.05. The fourth-order valence-electron chi connectivity index (χ4n) is 1.67. The summed E-state index contributed by atoms with van der Waals surface area (Å²) in [5, 5.41) is 16.5. The van der Waals surface area contributed by atoms with Gasteiger partial charge in [0.1, 0.15) is 5.75 Å². The van der Waals surface area contributed by atoms with Gasteiger partial charge in [-0.15, -0.1) is 0 Å². The molecule has 0 saturated heterocycles. The number of rotatable bonds is 5. The number of thiocarbonyl (C=S) groups is 1. The zero-order chi connectivity index (χ0) is 17.5. The van der Waals surface area contributed by atoms with Crippen molar-refractivity contribution in [1.82, 2.24) is 5.32 Å². The zero-order valence-electron chi connectivity index (χ0n) is 12.2. The Morgan fingerprint density at radius 2 is 1.79 bits per heavy atom. The van der Waals surface area contributed by atoms with Crippen LogP contribution in [0.4, 0.5) is 11.4 Å². The molecule has 9 heteroatoms. The maximum Gasteiger partial charge on any atom is 0.269 e. The maximum atomic E-state index is 11.8. The Morgan fingerprint density at radius 3 is 2.38 bits per heavy atom. The van der Waals surface area contributed by atoms with E-state index < -0.39 is 10.8 Å². The first-order valence-corrected chi connectivity index (χ1v) is 7.46. The molecule has 0 atom stereocenters. The van der Waals surface area contributed by atoms with Gasteiger partial charge in [0.25, 0.3) is 11.6 Å². The van der Waals surface area contributed by atoms with E-state index in [4.69, 9.17) is 28.6 Å².